The molecule has 1 aromatic heterocycles. The van der Waals surface area contributed by atoms with Crippen LogP contribution in [0.1, 0.15) is 32.1 Å². The second-order valence-electron chi connectivity index (χ2n) is 7.75. The number of hydrogen-bond donors (Lipinski definition) is 1. The number of anilines is 1. The molecule has 0 unspecified atom stereocenters. The van der Waals surface area contributed by atoms with Gasteiger partial charge in [0.1, 0.15) is 5.82 Å². The number of aromatic nitrogens is 1. The number of hydrogen-bond acceptors (Lipinski definition) is 5. The van der Waals surface area contributed by atoms with Gasteiger partial charge >= 0.3 is 12.1 Å². The standard InChI is InChI=1S/C18H25N3O2.C2HF3O2/c22-18-5-4-15-16(21(18)13-14-7-11-23-12-8-14)6-10-20(15)17-3-1-2-9-19-17;3-2(4,5)1(6)7/h1-3,9,14-16H,4-8,10-13H2;(H,6,7)/t15-,16-;/m0./s1. The average molecular weight is 429 g/mol. The molecule has 0 aliphatic carbocycles. The summed E-state index contributed by atoms with van der Waals surface area (Å²) in [5.74, 6) is -0.746. The third-order valence-electron chi connectivity index (χ3n) is 5.87. The molecule has 3 aliphatic rings. The lowest BCUT2D eigenvalue weighted by molar-refractivity contribution is -0.192. The molecule has 0 bridgehead atoms. The number of likely N-dealkylation sites (tertiary alicyclic amines) is 1. The summed E-state index contributed by atoms with van der Waals surface area (Å²) in [6.45, 7) is 3.62. The number of alkyl halides is 3. The van der Waals surface area contributed by atoms with E-state index >= 15 is 0 Å². The summed E-state index contributed by atoms with van der Waals surface area (Å²) in [5, 5.41) is 7.12. The van der Waals surface area contributed by atoms with Crippen LogP contribution in [0.3, 0.4) is 0 Å². The Morgan fingerprint density at radius 1 is 1.17 bits per heavy atom. The van der Waals surface area contributed by atoms with Gasteiger partial charge in [0, 0.05) is 38.9 Å². The first-order valence-electron chi connectivity index (χ1n) is 10.1. The number of amides is 1. The summed E-state index contributed by atoms with van der Waals surface area (Å²) in [7, 11) is 0. The molecule has 166 valence electrons. The fourth-order valence-electron chi connectivity index (χ4n) is 4.40. The van der Waals surface area contributed by atoms with Crippen LogP contribution < -0.4 is 4.90 Å². The molecular formula is C20H26F3N3O4. The minimum atomic E-state index is -5.08. The highest BCUT2D eigenvalue weighted by Gasteiger charge is 2.44. The van der Waals surface area contributed by atoms with Crippen LogP contribution >= 0.6 is 0 Å². The molecule has 0 saturated carbocycles. The summed E-state index contributed by atoms with van der Waals surface area (Å²) in [6.07, 6.45) is 1.65. The molecule has 3 saturated heterocycles. The number of carboxylic acid groups (broad SMARTS) is 1. The monoisotopic (exact) mass is 429 g/mol. The van der Waals surface area contributed by atoms with E-state index in [2.05, 4.69) is 20.9 Å². The quantitative estimate of drug-likeness (QED) is 0.796. The van der Waals surface area contributed by atoms with Crippen LogP contribution in [-0.2, 0) is 14.3 Å². The van der Waals surface area contributed by atoms with Crippen LogP contribution in [0.5, 0.6) is 0 Å². The predicted molar refractivity (Wildman–Crippen MR) is 102 cm³/mol. The third kappa shape index (κ3) is 5.41. The minimum absolute atomic E-state index is 0.348. The van der Waals surface area contributed by atoms with Gasteiger partial charge in [0.05, 0.1) is 12.1 Å². The van der Waals surface area contributed by atoms with E-state index < -0.39 is 12.1 Å². The number of carbonyl (C=O) groups excluding carboxylic acids is 1. The van der Waals surface area contributed by atoms with Crippen LogP contribution in [-0.4, -0.2) is 71.4 Å². The number of carboxylic acids is 1. The Morgan fingerprint density at radius 3 is 2.47 bits per heavy atom. The maximum absolute atomic E-state index is 12.5. The fourth-order valence-corrected chi connectivity index (χ4v) is 4.40. The second kappa shape index (κ2) is 9.63. The highest BCUT2D eigenvalue weighted by molar-refractivity contribution is 5.78. The molecule has 0 spiro atoms. The van der Waals surface area contributed by atoms with Gasteiger partial charge in [-0.1, -0.05) is 6.07 Å². The SMILES string of the molecule is O=C(O)C(F)(F)F.O=C1CC[C@H]2[C@H](CCN2c2ccccn2)N1CC1CCOCC1. The Morgan fingerprint density at radius 2 is 1.87 bits per heavy atom. The molecule has 30 heavy (non-hydrogen) atoms. The Bertz CT molecular complexity index is 726. The molecule has 3 fully saturated rings. The van der Waals surface area contributed by atoms with Crippen molar-refractivity contribution in [1.82, 2.24) is 9.88 Å². The van der Waals surface area contributed by atoms with Gasteiger partial charge in [-0.05, 0) is 43.7 Å². The van der Waals surface area contributed by atoms with Gasteiger partial charge in [-0.25, -0.2) is 9.78 Å². The summed E-state index contributed by atoms with van der Waals surface area (Å²) < 4.78 is 37.2. The lowest BCUT2D eigenvalue weighted by Gasteiger charge is -2.42. The molecule has 4 rings (SSSR count). The fraction of sp³-hybridized carbons (Fsp3) is 0.650. The number of carbonyl (C=O) groups is 2. The number of nitrogens with zero attached hydrogens (tertiary/aromatic N) is 3. The van der Waals surface area contributed by atoms with Crippen molar-refractivity contribution in [3.63, 3.8) is 0 Å². The summed E-state index contributed by atoms with van der Waals surface area (Å²) in [4.78, 5) is 30.5. The van der Waals surface area contributed by atoms with Gasteiger partial charge in [0.25, 0.3) is 0 Å². The van der Waals surface area contributed by atoms with E-state index in [0.29, 0.717) is 30.3 Å². The summed E-state index contributed by atoms with van der Waals surface area (Å²) >= 11 is 0. The van der Waals surface area contributed by atoms with Crippen molar-refractivity contribution in [2.45, 2.75) is 50.4 Å². The zero-order valence-corrected chi connectivity index (χ0v) is 16.6. The number of aliphatic carboxylic acids is 1. The molecule has 1 N–H and O–H groups in total. The first-order chi connectivity index (χ1) is 14.3. The predicted octanol–water partition coefficient (Wildman–Crippen LogP) is 2.71. The van der Waals surface area contributed by atoms with E-state index in [9.17, 15) is 18.0 Å². The van der Waals surface area contributed by atoms with Crippen molar-refractivity contribution in [3.8, 4) is 0 Å². The highest BCUT2D eigenvalue weighted by atomic mass is 19.4. The van der Waals surface area contributed by atoms with Crippen LogP contribution in [0, 0.1) is 5.92 Å². The highest BCUT2D eigenvalue weighted by Crippen LogP contribution is 2.35. The van der Waals surface area contributed by atoms with E-state index in [1.165, 1.54) is 0 Å². The van der Waals surface area contributed by atoms with Crippen LogP contribution in [0.15, 0.2) is 24.4 Å². The molecule has 10 heteroatoms. The van der Waals surface area contributed by atoms with Gasteiger partial charge in [0.2, 0.25) is 5.91 Å². The van der Waals surface area contributed by atoms with Crippen molar-refractivity contribution in [2.75, 3.05) is 31.2 Å². The number of rotatable bonds is 3. The molecule has 1 amide bonds. The number of fused-ring (bicyclic) bond motifs is 1. The number of pyridine rings is 1. The summed E-state index contributed by atoms with van der Waals surface area (Å²) in [5.41, 5.74) is 0. The molecular weight excluding hydrogens is 403 g/mol. The number of piperidine rings is 1. The molecule has 0 aromatic carbocycles. The summed E-state index contributed by atoms with van der Waals surface area (Å²) in [6, 6.07) is 6.88. The van der Waals surface area contributed by atoms with E-state index in [4.69, 9.17) is 14.6 Å². The average Bonchev–Trinajstić information content (AvgIpc) is 3.16. The first-order valence-corrected chi connectivity index (χ1v) is 10.1. The lowest BCUT2D eigenvalue weighted by atomic mass is 9.92. The first kappa shape index (κ1) is 22.3. The van der Waals surface area contributed by atoms with Crippen molar-refractivity contribution in [1.29, 1.82) is 0 Å². The van der Waals surface area contributed by atoms with Gasteiger partial charge < -0.3 is 19.6 Å². The maximum Gasteiger partial charge on any atom is 0.490 e. The molecule has 7 nitrogen and oxygen atoms in total. The topological polar surface area (TPSA) is 83.0 Å². The molecule has 3 aliphatic heterocycles. The Hall–Kier alpha value is -2.36. The van der Waals surface area contributed by atoms with E-state index in [-0.39, 0.29) is 0 Å². The minimum Gasteiger partial charge on any atom is -0.475 e. The van der Waals surface area contributed by atoms with Crippen LogP contribution in [0.2, 0.25) is 0 Å². The van der Waals surface area contributed by atoms with E-state index in [1.54, 1.807) is 0 Å². The maximum atomic E-state index is 12.5. The largest absolute Gasteiger partial charge is 0.490 e. The van der Waals surface area contributed by atoms with Crippen molar-refractivity contribution < 1.29 is 32.6 Å². The van der Waals surface area contributed by atoms with Crippen molar-refractivity contribution in [2.24, 2.45) is 5.92 Å². The van der Waals surface area contributed by atoms with Gasteiger partial charge in [-0.15, -0.1) is 0 Å². The van der Waals surface area contributed by atoms with Crippen molar-refractivity contribution >= 4 is 17.7 Å². The van der Waals surface area contributed by atoms with Gasteiger partial charge in [0.15, 0.2) is 0 Å². The number of halogens is 3. The van der Waals surface area contributed by atoms with E-state index in [1.807, 2.05) is 18.3 Å². The van der Waals surface area contributed by atoms with Gasteiger partial charge in [-0.3, -0.25) is 4.79 Å². The Balaban J connectivity index is 0.000000318. The molecule has 1 aromatic rings. The van der Waals surface area contributed by atoms with Gasteiger partial charge in [-0.2, -0.15) is 13.2 Å². The third-order valence-corrected chi connectivity index (χ3v) is 5.87. The smallest absolute Gasteiger partial charge is 0.475 e. The Kier molecular flexibility index (Phi) is 7.17. The Labute approximate surface area is 172 Å². The zero-order valence-electron chi connectivity index (χ0n) is 16.6. The van der Waals surface area contributed by atoms with E-state index in [0.717, 1.165) is 57.8 Å². The van der Waals surface area contributed by atoms with Crippen molar-refractivity contribution in [3.05, 3.63) is 24.4 Å². The van der Waals surface area contributed by atoms with Crippen LogP contribution in [0.25, 0.3) is 0 Å². The lowest BCUT2D eigenvalue weighted by Crippen LogP contribution is -2.54. The molecule has 2 atom stereocenters. The second-order valence-corrected chi connectivity index (χ2v) is 7.75. The van der Waals surface area contributed by atoms with Crippen LogP contribution in [0.4, 0.5) is 19.0 Å². The molecule has 0 radical (unpaired) electrons. The normalized spacial score (nSPS) is 24.8. The zero-order chi connectivity index (χ0) is 21.7. The molecule has 4 heterocycles. The number of ether oxygens (including phenoxy) is 1.